The smallest absolute Gasteiger partial charge is 0.134 e. The molecule has 6 nitrogen and oxygen atoms in total. The molecule has 1 aromatic carbocycles. The lowest BCUT2D eigenvalue weighted by Crippen LogP contribution is -2.36. The van der Waals surface area contributed by atoms with Gasteiger partial charge in [0.25, 0.3) is 0 Å². The largest absolute Gasteiger partial charge is 0.506 e. The molecule has 148 valence electrons. The van der Waals surface area contributed by atoms with Gasteiger partial charge in [-0.1, -0.05) is 31.5 Å². The summed E-state index contributed by atoms with van der Waals surface area (Å²) in [4.78, 5) is 14.5. The third-order valence-electron chi connectivity index (χ3n) is 4.68. The van der Waals surface area contributed by atoms with Gasteiger partial charge >= 0.3 is 0 Å². The van der Waals surface area contributed by atoms with Crippen molar-refractivity contribution in [3.63, 3.8) is 0 Å². The molecule has 0 spiro atoms. The first kappa shape index (κ1) is 20.3. The van der Waals surface area contributed by atoms with Crippen molar-refractivity contribution in [2.24, 2.45) is 0 Å². The number of aliphatic hydroxyl groups excluding tert-OH is 1. The number of phenols is 1. The number of aliphatic hydroxyl groups is 1. The van der Waals surface area contributed by atoms with E-state index in [1.54, 1.807) is 24.5 Å². The first-order chi connectivity index (χ1) is 13.3. The highest BCUT2D eigenvalue weighted by Gasteiger charge is 2.28. The van der Waals surface area contributed by atoms with Gasteiger partial charge in [0.1, 0.15) is 11.6 Å². The highest BCUT2D eigenvalue weighted by atomic mass is 35.5. The number of aromatic hydroxyl groups is 1. The molecule has 2 heterocycles. The Morgan fingerprint density at radius 3 is 2.50 bits per heavy atom. The van der Waals surface area contributed by atoms with Gasteiger partial charge in [-0.15, -0.1) is 0 Å². The lowest BCUT2D eigenvalue weighted by atomic mass is 9.92. The second-order valence-corrected chi connectivity index (χ2v) is 7.96. The summed E-state index contributed by atoms with van der Waals surface area (Å²) >= 11 is 5.98. The summed E-state index contributed by atoms with van der Waals surface area (Å²) in [6, 6.07) is 8.97. The Kier molecular flexibility index (Phi) is 6.03. The van der Waals surface area contributed by atoms with E-state index in [4.69, 9.17) is 16.6 Å². The van der Waals surface area contributed by atoms with Gasteiger partial charge in [-0.05, 0) is 31.3 Å². The molecule has 0 aliphatic rings. The van der Waals surface area contributed by atoms with Gasteiger partial charge < -0.3 is 20.1 Å². The van der Waals surface area contributed by atoms with Crippen molar-refractivity contribution in [3.05, 3.63) is 53.6 Å². The van der Waals surface area contributed by atoms with Gasteiger partial charge in [0.05, 0.1) is 23.0 Å². The van der Waals surface area contributed by atoms with Crippen molar-refractivity contribution in [1.82, 2.24) is 19.9 Å². The van der Waals surface area contributed by atoms with Crippen LogP contribution in [-0.2, 0) is 5.41 Å². The second-order valence-electron chi connectivity index (χ2n) is 7.56. The number of H-pyrrole nitrogens is 1. The number of aromatic amines is 1. The Bertz CT molecular complexity index is 941. The molecule has 0 fully saturated rings. The number of aromatic nitrogens is 3. The Hall–Kier alpha value is -2.41. The van der Waals surface area contributed by atoms with Crippen LogP contribution in [0, 0.1) is 0 Å². The topological polar surface area (TPSA) is 85.3 Å². The quantitative estimate of drug-likeness (QED) is 0.563. The maximum atomic E-state index is 10.1. The van der Waals surface area contributed by atoms with Crippen LogP contribution in [-0.4, -0.2) is 56.8 Å². The van der Waals surface area contributed by atoms with Crippen LogP contribution in [0.1, 0.15) is 19.7 Å². The van der Waals surface area contributed by atoms with Crippen LogP contribution in [0.3, 0.4) is 0 Å². The van der Waals surface area contributed by atoms with Gasteiger partial charge in [0, 0.05) is 42.0 Å². The highest BCUT2D eigenvalue weighted by Crippen LogP contribution is 2.36. The fourth-order valence-corrected chi connectivity index (χ4v) is 3.41. The minimum absolute atomic E-state index is 0.0198. The monoisotopic (exact) mass is 400 g/mol. The molecule has 3 aromatic rings. The zero-order valence-corrected chi connectivity index (χ0v) is 17.0. The normalized spacial score (nSPS) is 11.9. The summed E-state index contributed by atoms with van der Waals surface area (Å²) in [5.74, 6) is 0.847. The standard InChI is InChI=1S/C21H25ClN4O2/c1-21(2,13-26(3)10-11-27)20-24-18(14-6-8-23-9-7-14)19(25-20)15-4-5-16(22)17(28)12-15/h4-9,12,27-28H,10-11,13H2,1-3H3,(H,24,25). The number of halogens is 1. The number of hydrogen-bond acceptors (Lipinski definition) is 5. The Labute approximate surface area is 169 Å². The Balaban J connectivity index is 2.09. The molecule has 3 N–H and O–H groups in total. The van der Waals surface area contributed by atoms with Crippen LogP contribution in [0.2, 0.25) is 5.02 Å². The van der Waals surface area contributed by atoms with Crippen molar-refractivity contribution in [1.29, 1.82) is 0 Å². The van der Waals surface area contributed by atoms with E-state index in [-0.39, 0.29) is 17.8 Å². The number of nitrogens with zero attached hydrogens (tertiary/aromatic N) is 3. The lowest BCUT2D eigenvalue weighted by Gasteiger charge is -2.28. The minimum atomic E-state index is -0.279. The maximum Gasteiger partial charge on any atom is 0.134 e. The van der Waals surface area contributed by atoms with E-state index < -0.39 is 0 Å². The number of pyridine rings is 1. The molecule has 0 aliphatic carbocycles. The second kappa shape index (κ2) is 8.31. The van der Waals surface area contributed by atoms with Crippen LogP contribution < -0.4 is 0 Å². The zero-order chi connectivity index (χ0) is 20.3. The molecule has 0 aliphatic heterocycles. The van der Waals surface area contributed by atoms with Crippen LogP contribution in [0.15, 0.2) is 42.7 Å². The Morgan fingerprint density at radius 1 is 1.14 bits per heavy atom. The predicted molar refractivity (Wildman–Crippen MR) is 112 cm³/mol. The minimum Gasteiger partial charge on any atom is -0.506 e. The van der Waals surface area contributed by atoms with Gasteiger partial charge in [-0.3, -0.25) is 4.98 Å². The molecule has 2 aromatic heterocycles. The average Bonchev–Trinajstić information content (AvgIpc) is 3.11. The first-order valence-corrected chi connectivity index (χ1v) is 9.49. The summed E-state index contributed by atoms with van der Waals surface area (Å²) in [6.45, 7) is 5.65. The van der Waals surface area contributed by atoms with E-state index in [2.05, 4.69) is 28.7 Å². The predicted octanol–water partition coefficient (Wildman–Crippen LogP) is 3.70. The van der Waals surface area contributed by atoms with E-state index in [9.17, 15) is 10.2 Å². The van der Waals surface area contributed by atoms with E-state index in [1.165, 1.54) is 0 Å². The maximum absolute atomic E-state index is 10.1. The molecule has 7 heteroatoms. The summed E-state index contributed by atoms with van der Waals surface area (Å²) in [7, 11) is 1.98. The van der Waals surface area contributed by atoms with Crippen LogP contribution >= 0.6 is 11.6 Å². The number of imidazole rings is 1. The van der Waals surface area contributed by atoms with Crippen molar-refractivity contribution >= 4 is 11.6 Å². The zero-order valence-electron chi connectivity index (χ0n) is 16.3. The molecule has 0 saturated carbocycles. The molecule has 0 radical (unpaired) electrons. The lowest BCUT2D eigenvalue weighted by molar-refractivity contribution is 0.196. The van der Waals surface area contributed by atoms with Crippen molar-refractivity contribution in [3.8, 4) is 28.3 Å². The van der Waals surface area contributed by atoms with Crippen molar-refractivity contribution in [2.75, 3.05) is 26.7 Å². The Morgan fingerprint density at radius 2 is 1.86 bits per heavy atom. The number of benzene rings is 1. The van der Waals surface area contributed by atoms with Gasteiger partial charge in [0.15, 0.2) is 0 Å². The van der Waals surface area contributed by atoms with E-state index in [0.29, 0.717) is 11.6 Å². The SMILES string of the molecule is CN(CCO)CC(C)(C)c1nc(-c2ccc(Cl)c(O)c2)c(-c2ccncc2)[nH]1. The molecule has 28 heavy (non-hydrogen) atoms. The molecular formula is C21H25ClN4O2. The summed E-state index contributed by atoms with van der Waals surface area (Å²) < 4.78 is 0. The average molecular weight is 401 g/mol. The third-order valence-corrected chi connectivity index (χ3v) is 5.00. The number of rotatable bonds is 7. The summed E-state index contributed by atoms with van der Waals surface area (Å²) in [5, 5.41) is 19.6. The van der Waals surface area contributed by atoms with Crippen LogP contribution in [0.4, 0.5) is 0 Å². The molecule has 0 unspecified atom stereocenters. The molecular weight excluding hydrogens is 376 g/mol. The van der Waals surface area contributed by atoms with E-state index in [1.807, 2.05) is 25.2 Å². The third kappa shape index (κ3) is 4.35. The summed E-state index contributed by atoms with van der Waals surface area (Å²) in [6.07, 6.45) is 3.47. The van der Waals surface area contributed by atoms with Gasteiger partial charge in [0.2, 0.25) is 0 Å². The molecule has 3 rings (SSSR count). The fourth-order valence-electron chi connectivity index (χ4n) is 3.29. The number of hydrogen-bond donors (Lipinski definition) is 3. The van der Waals surface area contributed by atoms with E-state index in [0.717, 1.165) is 34.9 Å². The molecule has 0 bridgehead atoms. The van der Waals surface area contributed by atoms with Gasteiger partial charge in [-0.2, -0.15) is 0 Å². The molecule has 0 amide bonds. The van der Waals surface area contributed by atoms with Crippen LogP contribution in [0.25, 0.3) is 22.5 Å². The highest BCUT2D eigenvalue weighted by molar-refractivity contribution is 6.32. The van der Waals surface area contributed by atoms with Crippen LogP contribution in [0.5, 0.6) is 5.75 Å². The van der Waals surface area contributed by atoms with Gasteiger partial charge in [-0.25, -0.2) is 4.98 Å². The number of phenolic OH excluding ortho intramolecular Hbond substituents is 1. The van der Waals surface area contributed by atoms with Crippen molar-refractivity contribution < 1.29 is 10.2 Å². The number of likely N-dealkylation sites (N-methyl/N-ethyl adjacent to an activating group) is 1. The fraction of sp³-hybridized carbons (Fsp3) is 0.333. The molecule has 0 saturated heterocycles. The number of nitrogens with one attached hydrogen (secondary N) is 1. The first-order valence-electron chi connectivity index (χ1n) is 9.11. The summed E-state index contributed by atoms with van der Waals surface area (Å²) in [5.41, 5.74) is 3.05. The van der Waals surface area contributed by atoms with Crippen molar-refractivity contribution in [2.45, 2.75) is 19.3 Å². The van der Waals surface area contributed by atoms with E-state index >= 15 is 0 Å². The molecule has 0 atom stereocenters.